The van der Waals surface area contributed by atoms with Gasteiger partial charge in [0, 0.05) is 37.6 Å². The maximum atomic E-state index is 3.62. The molecule has 4 nitrogen and oxygen atoms in total. The largest absolute Gasteiger partial charge is 0.372 e. The first-order valence-corrected chi connectivity index (χ1v) is 12.9. The molecule has 0 radical (unpaired) electrons. The molecule has 3 aromatic rings. The molecule has 0 fully saturated rings. The maximum absolute atomic E-state index is 3.62. The zero-order valence-electron chi connectivity index (χ0n) is 21.5. The first-order chi connectivity index (χ1) is 17.2. The number of para-hydroxylation sites is 1. The van der Waals surface area contributed by atoms with Gasteiger partial charge in [0.15, 0.2) is 0 Å². The van der Waals surface area contributed by atoms with Gasteiger partial charge in [-0.2, -0.15) is 0 Å². The summed E-state index contributed by atoms with van der Waals surface area (Å²) in [5, 5.41) is 2.25. The summed E-state index contributed by atoms with van der Waals surface area (Å²) in [7, 11) is 0. The topological polar surface area (TPSA) is 21.8 Å². The number of anilines is 3. The van der Waals surface area contributed by atoms with Crippen LogP contribution in [0.3, 0.4) is 0 Å². The second kappa shape index (κ2) is 11.7. The summed E-state index contributed by atoms with van der Waals surface area (Å²) in [4.78, 5) is 4.74. The Kier molecular flexibility index (Phi) is 8.15. The van der Waals surface area contributed by atoms with Crippen molar-refractivity contribution in [3.63, 3.8) is 0 Å². The van der Waals surface area contributed by atoms with Gasteiger partial charge in [-0.05, 0) is 87.4 Å². The Balaban J connectivity index is 1.57. The fraction of sp³-hybridized carbons (Fsp3) is 0.290. The number of hydrazine groups is 1. The maximum Gasteiger partial charge on any atom is 0.0958 e. The summed E-state index contributed by atoms with van der Waals surface area (Å²) in [5.74, 6) is 0. The van der Waals surface area contributed by atoms with Crippen molar-refractivity contribution in [2.75, 3.05) is 41.0 Å². The van der Waals surface area contributed by atoms with Crippen LogP contribution in [0.2, 0.25) is 0 Å². The van der Waals surface area contributed by atoms with Gasteiger partial charge in [0.25, 0.3) is 0 Å². The highest BCUT2D eigenvalue weighted by atomic mass is 15.5. The minimum Gasteiger partial charge on any atom is -0.372 e. The minimum absolute atomic E-state index is 0.118. The molecule has 1 unspecified atom stereocenters. The molecule has 1 heterocycles. The van der Waals surface area contributed by atoms with Gasteiger partial charge in [-0.25, -0.2) is 0 Å². The van der Waals surface area contributed by atoms with Crippen molar-refractivity contribution in [3.8, 4) is 0 Å². The lowest BCUT2D eigenvalue weighted by Gasteiger charge is -2.28. The molecule has 0 amide bonds. The first-order valence-electron chi connectivity index (χ1n) is 12.9. The predicted molar refractivity (Wildman–Crippen MR) is 152 cm³/mol. The molecule has 0 spiro atoms. The van der Waals surface area contributed by atoms with E-state index < -0.39 is 0 Å². The van der Waals surface area contributed by atoms with Crippen LogP contribution in [-0.2, 0) is 0 Å². The average Bonchev–Trinajstić information content (AvgIpc) is 3.35. The van der Waals surface area contributed by atoms with E-state index >= 15 is 0 Å². The Labute approximate surface area is 211 Å². The summed E-state index contributed by atoms with van der Waals surface area (Å²) in [6.07, 6.45) is 6.66. The number of rotatable bonds is 10. The van der Waals surface area contributed by atoms with Gasteiger partial charge in [0.2, 0.25) is 0 Å². The zero-order valence-corrected chi connectivity index (χ0v) is 21.5. The highest BCUT2D eigenvalue weighted by Gasteiger charge is 2.25. The highest BCUT2D eigenvalue weighted by Crippen LogP contribution is 2.33. The molecule has 1 N–H and O–H groups in total. The van der Waals surface area contributed by atoms with Crippen molar-refractivity contribution in [3.05, 3.63) is 108 Å². The molecule has 1 atom stereocenters. The molecule has 0 aromatic heterocycles. The molecule has 182 valence electrons. The summed E-state index contributed by atoms with van der Waals surface area (Å²) in [5.41, 5.74) is 10.9. The lowest BCUT2D eigenvalue weighted by Crippen LogP contribution is -2.34. The van der Waals surface area contributed by atoms with E-state index in [4.69, 9.17) is 0 Å². The van der Waals surface area contributed by atoms with Crippen LogP contribution >= 0.6 is 0 Å². The Bertz CT molecular complexity index is 1110. The normalized spacial score (nSPS) is 15.3. The third kappa shape index (κ3) is 5.71. The average molecular weight is 467 g/mol. The van der Waals surface area contributed by atoms with E-state index in [1.54, 1.807) is 0 Å². The van der Waals surface area contributed by atoms with Crippen molar-refractivity contribution >= 4 is 23.1 Å². The summed E-state index contributed by atoms with van der Waals surface area (Å²) in [6, 6.07) is 28.4. The predicted octanol–water partition coefficient (Wildman–Crippen LogP) is 7.04. The van der Waals surface area contributed by atoms with Crippen molar-refractivity contribution in [2.45, 2.75) is 33.7 Å². The Morgan fingerprint density at radius 2 is 1.23 bits per heavy atom. The van der Waals surface area contributed by atoms with E-state index in [-0.39, 0.29) is 6.04 Å². The number of hydrogen-bond donors (Lipinski definition) is 1. The number of nitrogens with one attached hydrogen (secondary N) is 1. The molecule has 3 aromatic carbocycles. The molecule has 35 heavy (non-hydrogen) atoms. The SMILES string of the molecule is CCN(CC)c1ccc(C=CC2=CC(c3ccc(N(CC)CC)cc3)N(c3ccccc3)N2)cc1. The Hall–Kier alpha value is -3.66. The number of allylic oxidation sites excluding steroid dienone is 1. The Morgan fingerprint density at radius 1 is 0.686 bits per heavy atom. The van der Waals surface area contributed by atoms with E-state index in [0.717, 1.165) is 37.6 Å². The standard InChI is InChI=1S/C31H38N4/c1-5-33(6-2)28-20-15-25(16-21-28)14-19-27-24-31(35(32-27)30-12-10-9-11-13-30)26-17-22-29(23-18-26)34(7-3)8-4/h9-24,31-32H,5-8H2,1-4H3. The molecule has 0 bridgehead atoms. The van der Waals surface area contributed by atoms with E-state index in [1.165, 1.54) is 22.5 Å². The van der Waals surface area contributed by atoms with E-state index in [9.17, 15) is 0 Å². The van der Waals surface area contributed by atoms with Crippen molar-refractivity contribution < 1.29 is 0 Å². The van der Waals surface area contributed by atoms with Crippen LogP contribution in [-0.4, -0.2) is 26.2 Å². The van der Waals surface area contributed by atoms with Crippen LogP contribution in [0.15, 0.2) is 96.7 Å². The lowest BCUT2D eigenvalue weighted by molar-refractivity contribution is 0.709. The van der Waals surface area contributed by atoms with Gasteiger partial charge >= 0.3 is 0 Å². The molecule has 0 saturated carbocycles. The highest BCUT2D eigenvalue weighted by molar-refractivity contribution is 5.60. The van der Waals surface area contributed by atoms with Crippen LogP contribution < -0.4 is 20.2 Å². The van der Waals surface area contributed by atoms with Crippen molar-refractivity contribution in [2.24, 2.45) is 0 Å². The van der Waals surface area contributed by atoms with Crippen LogP contribution in [0.4, 0.5) is 17.1 Å². The summed E-state index contributed by atoms with van der Waals surface area (Å²) >= 11 is 0. The van der Waals surface area contributed by atoms with Gasteiger partial charge in [-0.15, -0.1) is 0 Å². The molecular formula is C31H38N4. The van der Waals surface area contributed by atoms with Crippen LogP contribution in [0.1, 0.15) is 44.9 Å². The molecule has 1 aliphatic rings. The lowest BCUT2D eigenvalue weighted by atomic mass is 10.0. The van der Waals surface area contributed by atoms with E-state index in [0.29, 0.717) is 0 Å². The fourth-order valence-corrected chi connectivity index (χ4v) is 4.68. The smallest absolute Gasteiger partial charge is 0.0958 e. The second-order valence-corrected chi connectivity index (χ2v) is 8.75. The molecule has 0 saturated heterocycles. The van der Waals surface area contributed by atoms with Gasteiger partial charge in [-0.3, -0.25) is 10.4 Å². The monoisotopic (exact) mass is 466 g/mol. The number of nitrogens with zero attached hydrogens (tertiary/aromatic N) is 3. The third-order valence-corrected chi connectivity index (χ3v) is 6.74. The van der Waals surface area contributed by atoms with Crippen molar-refractivity contribution in [1.82, 2.24) is 5.43 Å². The summed E-state index contributed by atoms with van der Waals surface area (Å²) in [6.45, 7) is 12.9. The number of benzene rings is 3. The minimum atomic E-state index is 0.118. The first kappa shape index (κ1) is 24.5. The Morgan fingerprint density at radius 3 is 1.77 bits per heavy atom. The van der Waals surface area contributed by atoms with Crippen LogP contribution in [0.25, 0.3) is 6.08 Å². The van der Waals surface area contributed by atoms with Gasteiger partial charge < -0.3 is 9.80 Å². The van der Waals surface area contributed by atoms with Crippen LogP contribution in [0.5, 0.6) is 0 Å². The zero-order chi connectivity index (χ0) is 24.6. The quantitative estimate of drug-likeness (QED) is 0.346. The second-order valence-electron chi connectivity index (χ2n) is 8.75. The van der Waals surface area contributed by atoms with E-state index in [1.807, 2.05) is 0 Å². The van der Waals surface area contributed by atoms with Gasteiger partial charge in [-0.1, -0.05) is 48.5 Å². The molecular weight excluding hydrogens is 428 g/mol. The van der Waals surface area contributed by atoms with Crippen molar-refractivity contribution in [1.29, 1.82) is 0 Å². The fourth-order valence-electron chi connectivity index (χ4n) is 4.68. The number of hydrogen-bond acceptors (Lipinski definition) is 4. The molecule has 4 rings (SSSR count). The molecule has 4 heteroatoms. The molecule has 0 aliphatic carbocycles. The van der Waals surface area contributed by atoms with Gasteiger partial charge in [0.05, 0.1) is 17.4 Å². The van der Waals surface area contributed by atoms with E-state index in [2.05, 4.69) is 145 Å². The third-order valence-electron chi connectivity index (χ3n) is 6.74. The molecule has 1 aliphatic heterocycles. The van der Waals surface area contributed by atoms with Crippen LogP contribution in [0, 0.1) is 0 Å². The summed E-state index contributed by atoms with van der Waals surface area (Å²) < 4.78 is 0. The van der Waals surface area contributed by atoms with Gasteiger partial charge in [0.1, 0.15) is 0 Å².